The molecule has 0 fully saturated rings. The summed E-state index contributed by atoms with van der Waals surface area (Å²) in [6, 6.07) is 11.7. The molecular weight excluding hydrogens is 219 g/mol. The third-order valence-corrected chi connectivity index (χ3v) is 2.39. The highest BCUT2D eigenvalue weighted by atomic mass is 19.1. The first-order valence-electron chi connectivity index (χ1n) is 5.16. The van der Waals surface area contributed by atoms with Crippen LogP contribution in [-0.4, -0.2) is 7.11 Å². The zero-order valence-electron chi connectivity index (χ0n) is 9.41. The molecular formula is C13H13FN2O. The molecule has 0 amide bonds. The van der Waals surface area contributed by atoms with E-state index < -0.39 is 0 Å². The summed E-state index contributed by atoms with van der Waals surface area (Å²) in [6.07, 6.45) is 0. The van der Waals surface area contributed by atoms with Gasteiger partial charge in [0.2, 0.25) is 0 Å². The molecule has 17 heavy (non-hydrogen) atoms. The Bertz CT molecular complexity index is 529. The summed E-state index contributed by atoms with van der Waals surface area (Å²) in [5.41, 5.74) is 7.51. The minimum absolute atomic E-state index is 0.354. The average Bonchev–Trinajstić information content (AvgIpc) is 2.33. The SMILES string of the molecule is COc1ccccc1Nc1ccc(F)cc1N. The lowest BCUT2D eigenvalue weighted by Crippen LogP contribution is -1.98. The van der Waals surface area contributed by atoms with E-state index in [4.69, 9.17) is 10.5 Å². The van der Waals surface area contributed by atoms with E-state index >= 15 is 0 Å². The van der Waals surface area contributed by atoms with Crippen LogP contribution in [0.2, 0.25) is 0 Å². The molecule has 0 aliphatic carbocycles. The summed E-state index contributed by atoms with van der Waals surface area (Å²) in [5.74, 6) is 0.351. The number of benzene rings is 2. The maximum Gasteiger partial charge on any atom is 0.142 e. The maximum absolute atomic E-state index is 12.9. The Balaban J connectivity index is 2.31. The molecule has 0 saturated carbocycles. The number of ether oxygens (including phenoxy) is 1. The van der Waals surface area contributed by atoms with E-state index in [9.17, 15) is 4.39 Å². The van der Waals surface area contributed by atoms with Crippen LogP contribution < -0.4 is 15.8 Å². The molecule has 0 aliphatic heterocycles. The van der Waals surface area contributed by atoms with Crippen molar-refractivity contribution < 1.29 is 9.13 Å². The van der Waals surface area contributed by atoms with Gasteiger partial charge in [0.15, 0.2) is 0 Å². The van der Waals surface area contributed by atoms with E-state index in [2.05, 4.69) is 5.32 Å². The van der Waals surface area contributed by atoms with Crippen molar-refractivity contribution in [3.63, 3.8) is 0 Å². The summed E-state index contributed by atoms with van der Waals surface area (Å²) in [5, 5.41) is 3.10. The molecule has 0 aliphatic rings. The quantitative estimate of drug-likeness (QED) is 0.799. The molecule has 0 unspecified atom stereocenters. The lowest BCUT2D eigenvalue weighted by Gasteiger charge is -2.12. The number of hydrogen-bond acceptors (Lipinski definition) is 3. The standard InChI is InChI=1S/C13H13FN2O/c1-17-13-5-3-2-4-12(13)16-11-7-6-9(14)8-10(11)15/h2-8,16H,15H2,1H3. The molecule has 4 heteroatoms. The summed E-state index contributed by atoms with van der Waals surface area (Å²) in [7, 11) is 1.59. The molecule has 0 atom stereocenters. The highest BCUT2D eigenvalue weighted by molar-refractivity contribution is 5.75. The van der Waals surface area contributed by atoms with Gasteiger partial charge in [0.05, 0.1) is 24.2 Å². The first-order chi connectivity index (χ1) is 8.20. The summed E-state index contributed by atoms with van der Waals surface area (Å²) < 4.78 is 18.1. The monoisotopic (exact) mass is 232 g/mol. The molecule has 2 aromatic carbocycles. The van der Waals surface area contributed by atoms with Gasteiger partial charge in [-0.3, -0.25) is 0 Å². The van der Waals surface area contributed by atoms with Gasteiger partial charge in [0.25, 0.3) is 0 Å². The minimum atomic E-state index is -0.354. The third kappa shape index (κ3) is 2.47. The van der Waals surface area contributed by atoms with E-state index in [0.29, 0.717) is 17.1 Å². The van der Waals surface area contributed by atoms with Crippen LogP contribution in [0.15, 0.2) is 42.5 Å². The number of nitrogens with two attached hydrogens (primary N) is 1. The Labute approximate surface area is 99.0 Å². The fourth-order valence-corrected chi connectivity index (χ4v) is 1.54. The number of hydrogen-bond donors (Lipinski definition) is 2. The Hall–Kier alpha value is -2.23. The van der Waals surface area contributed by atoms with Crippen LogP contribution in [0.4, 0.5) is 21.5 Å². The van der Waals surface area contributed by atoms with Gasteiger partial charge in [-0.1, -0.05) is 12.1 Å². The number of nitrogen functional groups attached to an aromatic ring is 1. The van der Waals surface area contributed by atoms with Crippen molar-refractivity contribution >= 4 is 17.1 Å². The molecule has 3 nitrogen and oxygen atoms in total. The Morgan fingerprint density at radius 1 is 1.12 bits per heavy atom. The zero-order valence-corrected chi connectivity index (χ0v) is 9.41. The normalized spacial score (nSPS) is 10.0. The van der Waals surface area contributed by atoms with Crippen LogP contribution in [0.25, 0.3) is 0 Å². The Kier molecular flexibility index (Phi) is 3.14. The molecule has 2 rings (SSSR count). The lowest BCUT2D eigenvalue weighted by atomic mass is 10.2. The fraction of sp³-hybridized carbons (Fsp3) is 0.0769. The molecule has 0 aromatic heterocycles. The average molecular weight is 232 g/mol. The number of nitrogens with one attached hydrogen (secondary N) is 1. The lowest BCUT2D eigenvalue weighted by molar-refractivity contribution is 0.417. The second kappa shape index (κ2) is 4.74. The molecule has 3 N–H and O–H groups in total. The van der Waals surface area contributed by atoms with Gasteiger partial charge in [-0.2, -0.15) is 0 Å². The van der Waals surface area contributed by atoms with Gasteiger partial charge in [-0.15, -0.1) is 0 Å². The zero-order chi connectivity index (χ0) is 12.3. The van der Waals surface area contributed by atoms with E-state index in [1.165, 1.54) is 12.1 Å². The molecule has 0 radical (unpaired) electrons. The van der Waals surface area contributed by atoms with E-state index in [1.807, 2.05) is 24.3 Å². The maximum atomic E-state index is 12.9. The smallest absolute Gasteiger partial charge is 0.142 e. The van der Waals surface area contributed by atoms with Crippen LogP contribution in [0.5, 0.6) is 5.75 Å². The topological polar surface area (TPSA) is 47.3 Å². The number of halogens is 1. The van der Waals surface area contributed by atoms with Crippen molar-refractivity contribution in [1.29, 1.82) is 0 Å². The fourth-order valence-electron chi connectivity index (χ4n) is 1.54. The van der Waals surface area contributed by atoms with Crippen LogP contribution in [0.1, 0.15) is 0 Å². The van der Waals surface area contributed by atoms with Crippen molar-refractivity contribution in [3.8, 4) is 5.75 Å². The highest BCUT2D eigenvalue weighted by Crippen LogP contribution is 2.29. The molecule has 0 heterocycles. The van der Waals surface area contributed by atoms with Crippen molar-refractivity contribution in [2.45, 2.75) is 0 Å². The predicted molar refractivity (Wildman–Crippen MR) is 67.1 cm³/mol. The number of anilines is 3. The van der Waals surface area contributed by atoms with Crippen LogP contribution in [-0.2, 0) is 0 Å². The molecule has 0 bridgehead atoms. The van der Waals surface area contributed by atoms with Gasteiger partial charge in [-0.05, 0) is 30.3 Å². The van der Waals surface area contributed by atoms with Crippen LogP contribution in [0, 0.1) is 5.82 Å². The van der Waals surface area contributed by atoms with Crippen LogP contribution in [0.3, 0.4) is 0 Å². The first kappa shape index (κ1) is 11.3. The summed E-state index contributed by atoms with van der Waals surface area (Å²) in [6.45, 7) is 0. The molecule has 88 valence electrons. The van der Waals surface area contributed by atoms with Crippen molar-refractivity contribution in [3.05, 3.63) is 48.3 Å². The summed E-state index contributed by atoms with van der Waals surface area (Å²) in [4.78, 5) is 0. The second-order valence-electron chi connectivity index (χ2n) is 3.56. The summed E-state index contributed by atoms with van der Waals surface area (Å²) >= 11 is 0. The third-order valence-electron chi connectivity index (χ3n) is 2.39. The van der Waals surface area contributed by atoms with Crippen LogP contribution >= 0.6 is 0 Å². The molecule has 2 aromatic rings. The number of methoxy groups -OCH3 is 1. The van der Waals surface area contributed by atoms with Gasteiger partial charge in [-0.25, -0.2) is 4.39 Å². The minimum Gasteiger partial charge on any atom is -0.495 e. The van der Waals surface area contributed by atoms with Gasteiger partial charge >= 0.3 is 0 Å². The predicted octanol–water partition coefficient (Wildman–Crippen LogP) is 3.16. The van der Waals surface area contributed by atoms with Gasteiger partial charge in [0, 0.05) is 0 Å². The number of para-hydroxylation sites is 2. The van der Waals surface area contributed by atoms with E-state index in [-0.39, 0.29) is 5.82 Å². The largest absolute Gasteiger partial charge is 0.495 e. The second-order valence-corrected chi connectivity index (χ2v) is 3.56. The molecule has 0 spiro atoms. The first-order valence-corrected chi connectivity index (χ1v) is 5.16. The molecule has 0 saturated heterocycles. The highest BCUT2D eigenvalue weighted by Gasteiger charge is 2.05. The van der Waals surface area contributed by atoms with Crippen molar-refractivity contribution in [2.75, 3.05) is 18.2 Å². The van der Waals surface area contributed by atoms with Gasteiger partial charge in [0.1, 0.15) is 11.6 Å². The van der Waals surface area contributed by atoms with Crippen molar-refractivity contribution in [2.24, 2.45) is 0 Å². The number of rotatable bonds is 3. The van der Waals surface area contributed by atoms with Crippen molar-refractivity contribution in [1.82, 2.24) is 0 Å². The van der Waals surface area contributed by atoms with Gasteiger partial charge < -0.3 is 15.8 Å². The Morgan fingerprint density at radius 2 is 1.88 bits per heavy atom. The van der Waals surface area contributed by atoms with E-state index in [0.717, 1.165) is 5.69 Å². The Morgan fingerprint density at radius 3 is 2.59 bits per heavy atom. The van der Waals surface area contributed by atoms with E-state index in [1.54, 1.807) is 13.2 Å².